The molecule has 0 bridgehead atoms. The molecule has 0 radical (unpaired) electrons. The van der Waals surface area contributed by atoms with Gasteiger partial charge in [-0.3, -0.25) is 14.9 Å². The Balaban J connectivity index is 1.69. The van der Waals surface area contributed by atoms with Gasteiger partial charge >= 0.3 is 0 Å². The number of aromatic amines is 1. The molecule has 1 heterocycles. The fourth-order valence-corrected chi connectivity index (χ4v) is 3.42. The Kier molecular flexibility index (Phi) is 6.95. The van der Waals surface area contributed by atoms with Crippen molar-refractivity contribution in [2.45, 2.75) is 32.7 Å². The van der Waals surface area contributed by atoms with Crippen LogP contribution >= 0.6 is 11.6 Å². The molecule has 0 aliphatic carbocycles. The van der Waals surface area contributed by atoms with E-state index < -0.39 is 6.04 Å². The Morgan fingerprint density at radius 1 is 1.23 bits per heavy atom. The second-order valence-corrected chi connectivity index (χ2v) is 7.58. The number of nitrogens with one attached hydrogen (secondary N) is 3. The molecule has 3 rings (SSSR count). The van der Waals surface area contributed by atoms with Crippen molar-refractivity contribution in [3.05, 3.63) is 53.1 Å². The molecular formula is C22H25ClN4O3. The Bertz CT molecular complexity index is 1020. The number of ether oxygens (including phenoxy) is 1. The summed E-state index contributed by atoms with van der Waals surface area (Å²) in [4.78, 5) is 32.9. The number of hydrogen-bond acceptors (Lipinski definition) is 4. The van der Waals surface area contributed by atoms with Gasteiger partial charge in [-0.15, -0.1) is 0 Å². The minimum atomic E-state index is -0.690. The molecule has 0 saturated carbocycles. The van der Waals surface area contributed by atoms with Crippen molar-refractivity contribution in [3.8, 4) is 5.75 Å². The molecule has 2 atom stereocenters. The topological polar surface area (TPSA) is 96.1 Å². The lowest BCUT2D eigenvalue weighted by molar-refractivity contribution is -0.127. The Morgan fingerprint density at radius 2 is 2.00 bits per heavy atom. The fraction of sp³-hybridized carbons (Fsp3) is 0.318. The number of carbonyl (C=O) groups excluding carboxylic acids is 2. The average Bonchev–Trinajstić information content (AvgIpc) is 3.13. The largest absolute Gasteiger partial charge is 0.495 e. The Morgan fingerprint density at radius 3 is 2.67 bits per heavy atom. The lowest BCUT2D eigenvalue weighted by Gasteiger charge is -2.23. The van der Waals surface area contributed by atoms with Crippen LogP contribution in [-0.4, -0.2) is 34.9 Å². The third-order valence-electron chi connectivity index (χ3n) is 5.02. The fourth-order valence-electron chi connectivity index (χ4n) is 3.14. The number of para-hydroxylation sites is 2. The number of amides is 2. The molecule has 2 aromatic carbocycles. The van der Waals surface area contributed by atoms with Gasteiger partial charge in [-0.1, -0.05) is 50.1 Å². The van der Waals surface area contributed by atoms with Crippen molar-refractivity contribution < 1.29 is 14.3 Å². The monoisotopic (exact) mass is 428 g/mol. The molecule has 0 spiro atoms. The van der Waals surface area contributed by atoms with Crippen molar-refractivity contribution >= 4 is 40.4 Å². The minimum Gasteiger partial charge on any atom is -0.495 e. The van der Waals surface area contributed by atoms with Crippen LogP contribution in [0, 0.1) is 5.92 Å². The normalized spacial score (nSPS) is 12.9. The van der Waals surface area contributed by atoms with Crippen molar-refractivity contribution in [1.82, 2.24) is 15.3 Å². The van der Waals surface area contributed by atoms with Crippen LogP contribution in [0.15, 0.2) is 42.5 Å². The number of rotatable bonds is 8. The number of benzene rings is 2. The van der Waals surface area contributed by atoms with Crippen LogP contribution < -0.4 is 15.4 Å². The number of nitrogens with zero attached hydrogens (tertiary/aromatic N) is 1. The number of hydrogen-bond donors (Lipinski definition) is 3. The molecule has 0 unspecified atom stereocenters. The SMILES string of the molecule is CC[C@H](C)[C@@H](NC(=O)Cc1ccc(OC)c(Cl)c1)C(=O)Nc1nc2ccccc2[nH]1. The third-order valence-corrected chi connectivity index (χ3v) is 5.32. The van der Waals surface area contributed by atoms with E-state index in [1.807, 2.05) is 38.1 Å². The highest BCUT2D eigenvalue weighted by atomic mass is 35.5. The lowest BCUT2D eigenvalue weighted by atomic mass is 9.98. The van der Waals surface area contributed by atoms with Gasteiger partial charge in [0, 0.05) is 0 Å². The summed E-state index contributed by atoms with van der Waals surface area (Å²) in [6.45, 7) is 3.90. The highest BCUT2D eigenvalue weighted by Crippen LogP contribution is 2.25. The minimum absolute atomic E-state index is 0.0576. The van der Waals surface area contributed by atoms with Crippen molar-refractivity contribution in [3.63, 3.8) is 0 Å². The number of fused-ring (bicyclic) bond motifs is 1. The van der Waals surface area contributed by atoms with E-state index in [9.17, 15) is 9.59 Å². The molecule has 158 valence electrons. The summed E-state index contributed by atoms with van der Waals surface area (Å²) in [6, 6.07) is 12.0. The standard InChI is InChI=1S/C22H25ClN4O3/c1-4-13(2)20(21(29)27-22-24-16-7-5-6-8-17(16)25-22)26-19(28)12-14-9-10-18(30-3)15(23)11-14/h5-11,13,20H,4,12H2,1-3H3,(H,26,28)(H2,24,25,27,29)/t13-,20+/m0/s1. The maximum atomic E-state index is 12.9. The highest BCUT2D eigenvalue weighted by Gasteiger charge is 2.26. The summed E-state index contributed by atoms with van der Waals surface area (Å²) in [6.07, 6.45) is 0.835. The van der Waals surface area contributed by atoms with E-state index in [2.05, 4.69) is 20.6 Å². The zero-order valence-corrected chi connectivity index (χ0v) is 17.9. The summed E-state index contributed by atoms with van der Waals surface area (Å²) in [5.74, 6) is 0.262. The average molecular weight is 429 g/mol. The molecule has 0 fully saturated rings. The quantitative estimate of drug-likeness (QED) is 0.506. The first-order valence-electron chi connectivity index (χ1n) is 9.78. The number of anilines is 1. The molecule has 1 aromatic heterocycles. The predicted molar refractivity (Wildman–Crippen MR) is 118 cm³/mol. The van der Waals surface area contributed by atoms with Crippen LogP contribution in [0.25, 0.3) is 11.0 Å². The van der Waals surface area contributed by atoms with E-state index in [4.69, 9.17) is 16.3 Å². The van der Waals surface area contributed by atoms with Crippen LogP contribution in [0.3, 0.4) is 0 Å². The summed E-state index contributed by atoms with van der Waals surface area (Å²) in [5.41, 5.74) is 2.32. The Labute approximate surface area is 180 Å². The van der Waals surface area contributed by atoms with Crippen LogP contribution in [0.1, 0.15) is 25.8 Å². The molecule has 2 amide bonds. The number of halogens is 1. The van der Waals surface area contributed by atoms with Crippen LogP contribution in [0.5, 0.6) is 5.75 Å². The second-order valence-electron chi connectivity index (χ2n) is 7.17. The van der Waals surface area contributed by atoms with Gasteiger partial charge in [0.2, 0.25) is 17.8 Å². The highest BCUT2D eigenvalue weighted by molar-refractivity contribution is 6.32. The first kappa shape index (κ1) is 21.6. The van der Waals surface area contributed by atoms with Crippen LogP contribution in [-0.2, 0) is 16.0 Å². The molecule has 3 N–H and O–H groups in total. The summed E-state index contributed by atoms with van der Waals surface area (Å²) >= 11 is 6.13. The van der Waals surface area contributed by atoms with E-state index in [0.717, 1.165) is 23.0 Å². The zero-order valence-electron chi connectivity index (χ0n) is 17.2. The van der Waals surface area contributed by atoms with E-state index in [1.165, 1.54) is 7.11 Å². The van der Waals surface area contributed by atoms with Crippen molar-refractivity contribution in [2.75, 3.05) is 12.4 Å². The summed E-state index contributed by atoms with van der Waals surface area (Å²) in [7, 11) is 1.53. The molecule has 3 aromatic rings. The smallest absolute Gasteiger partial charge is 0.249 e. The van der Waals surface area contributed by atoms with Crippen molar-refractivity contribution in [2.24, 2.45) is 5.92 Å². The molecule has 0 saturated heterocycles. The van der Waals surface area contributed by atoms with E-state index in [0.29, 0.717) is 16.7 Å². The van der Waals surface area contributed by atoms with Crippen LogP contribution in [0.4, 0.5) is 5.95 Å². The first-order valence-corrected chi connectivity index (χ1v) is 10.2. The summed E-state index contributed by atoms with van der Waals surface area (Å²) in [5, 5.41) is 6.07. The number of H-pyrrole nitrogens is 1. The Hall–Kier alpha value is -3.06. The lowest BCUT2D eigenvalue weighted by Crippen LogP contribution is -2.48. The number of methoxy groups -OCH3 is 1. The van der Waals surface area contributed by atoms with Crippen molar-refractivity contribution in [1.29, 1.82) is 0 Å². The van der Waals surface area contributed by atoms with Gasteiger partial charge in [-0.25, -0.2) is 4.98 Å². The predicted octanol–water partition coefficient (Wildman–Crippen LogP) is 3.94. The molecule has 0 aliphatic heterocycles. The van der Waals surface area contributed by atoms with E-state index >= 15 is 0 Å². The first-order chi connectivity index (χ1) is 14.4. The number of imidazole rings is 1. The van der Waals surface area contributed by atoms with Gasteiger partial charge in [0.25, 0.3) is 0 Å². The number of carbonyl (C=O) groups is 2. The van der Waals surface area contributed by atoms with Gasteiger partial charge in [-0.2, -0.15) is 0 Å². The molecule has 8 heteroatoms. The maximum absolute atomic E-state index is 12.9. The van der Waals surface area contributed by atoms with Gasteiger partial charge < -0.3 is 15.0 Å². The van der Waals surface area contributed by atoms with Gasteiger partial charge in [0.05, 0.1) is 29.6 Å². The molecular weight excluding hydrogens is 404 g/mol. The second kappa shape index (κ2) is 9.63. The number of aromatic nitrogens is 2. The molecule has 0 aliphatic rings. The molecule has 7 nitrogen and oxygen atoms in total. The van der Waals surface area contributed by atoms with Crippen LogP contribution in [0.2, 0.25) is 5.02 Å². The van der Waals surface area contributed by atoms with Gasteiger partial charge in [-0.05, 0) is 35.7 Å². The van der Waals surface area contributed by atoms with Gasteiger partial charge in [0.1, 0.15) is 11.8 Å². The maximum Gasteiger partial charge on any atom is 0.249 e. The summed E-state index contributed by atoms with van der Waals surface area (Å²) < 4.78 is 5.13. The third kappa shape index (κ3) is 5.10. The van der Waals surface area contributed by atoms with E-state index in [1.54, 1.807) is 18.2 Å². The van der Waals surface area contributed by atoms with Gasteiger partial charge in [0.15, 0.2) is 0 Å². The molecule has 30 heavy (non-hydrogen) atoms. The van der Waals surface area contributed by atoms with E-state index in [-0.39, 0.29) is 24.2 Å². The zero-order chi connectivity index (χ0) is 21.7.